The van der Waals surface area contributed by atoms with Gasteiger partial charge in [0.1, 0.15) is 0 Å². The highest BCUT2D eigenvalue weighted by molar-refractivity contribution is 7.89. The van der Waals surface area contributed by atoms with Gasteiger partial charge in [-0.3, -0.25) is 4.79 Å². The van der Waals surface area contributed by atoms with Gasteiger partial charge in [0.2, 0.25) is 15.9 Å². The summed E-state index contributed by atoms with van der Waals surface area (Å²) in [4.78, 5) is 12.5. The SMILES string of the molecule is CN(CC(=O)N[C@@H]1CCCc2ccccc21)S(=O)(=O)c1ccc(Cl)cc1. The van der Waals surface area contributed by atoms with Crippen molar-refractivity contribution < 1.29 is 13.2 Å². The number of nitrogens with one attached hydrogen (secondary N) is 1. The fraction of sp³-hybridized carbons (Fsp3) is 0.316. The molecule has 0 bridgehead atoms. The molecule has 0 heterocycles. The standard InChI is InChI=1S/C19H21ClN2O3S/c1-22(26(24,25)16-11-9-15(20)10-12-16)13-19(23)21-18-8-4-6-14-5-2-3-7-17(14)18/h2-3,5,7,9-12,18H,4,6,8,13H2,1H3,(H,21,23)/t18-/m1/s1. The molecule has 0 radical (unpaired) electrons. The summed E-state index contributed by atoms with van der Waals surface area (Å²) < 4.78 is 26.2. The molecule has 138 valence electrons. The fourth-order valence-corrected chi connectivity index (χ4v) is 4.47. The lowest BCUT2D eigenvalue weighted by Gasteiger charge is -2.27. The van der Waals surface area contributed by atoms with Gasteiger partial charge in [0.15, 0.2) is 0 Å². The minimum atomic E-state index is -3.74. The first-order valence-corrected chi connectivity index (χ1v) is 10.3. The van der Waals surface area contributed by atoms with E-state index in [9.17, 15) is 13.2 Å². The largest absolute Gasteiger partial charge is 0.348 e. The number of likely N-dealkylation sites (N-methyl/N-ethyl adjacent to an activating group) is 1. The van der Waals surface area contributed by atoms with Crippen molar-refractivity contribution in [2.24, 2.45) is 0 Å². The lowest BCUT2D eigenvalue weighted by atomic mass is 9.88. The predicted molar refractivity (Wildman–Crippen MR) is 102 cm³/mol. The maximum Gasteiger partial charge on any atom is 0.243 e. The summed E-state index contributed by atoms with van der Waals surface area (Å²) >= 11 is 5.80. The Morgan fingerprint density at radius 1 is 1.19 bits per heavy atom. The maximum atomic E-state index is 12.6. The van der Waals surface area contributed by atoms with Crippen molar-refractivity contribution in [3.63, 3.8) is 0 Å². The van der Waals surface area contributed by atoms with Crippen molar-refractivity contribution in [3.8, 4) is 0 Å². The zero-order chi connectivity index (χ0) is 18.7. The molecule has 3 rings (SSSR count). The van der Waals surface area contributed by atoms with E-state index >= 15 is 0 Å². The highest BCUT2D eigenvalue weighted by Gasteiger charge is 2.26. The van der Waals surface area contributed by atoms with Crippen molar-refractivity contribution in [2.75, 3.05) is 13.6 Å². The van der Waals surface area contributed by atoms with Gasteiger partial charge in [-0.2, -0.15) is 4.31 Å². The Balaban J connectivity index is 1.67. The van der Waals surface area contributed by atoms with Gasteiger partial charge in [0, 0.05) is 12.1 Å². The van der Waals surface area contributed by atoms with E-state index in [-0.39, 0.29) is 23.4 Å². The molecule has 5 nitrogen and oxygen atoms in total. The molecule has 2 aromatic carbocycles. The molecule has 0 saturated carbocycles. The Kier molecular flexibility index (Phi) is 5.65. The van der Waals surface area contributed by atoms with Crippen LogP contribution in [0.4, 0.5) is 0 Å². The lowest BCUT2D eigenvalue weighted by Crippen LogP contribution is -2.40. The van der Waals surface area contributed by atoms with Crippen LogP contribution in [0.5, 0.6) is 0 Å². The summed E-state index contributed by atoms with van der Waals surface area (Å²) in [5.74, 6) is -0.313. The third kappa shape index (κ3) is 4.09. The molecule has 1 atom stereocenters. The van der Waals surface area contributed by atoms with Crippen LogP contribution >= 0.6 is 11.6 Å². The van der Waals surface area contributed by atoms with Gasteiger partial charge in [-0.25, -0.2) is 8.42 Å². The molecule has 2 aromatic rings. The molecule has 0 fully saturated rings. The molecule has 1 aliphatic rings. The Morgan fingerprint density at radius 2 is 1.88 bits per heavy atom. The second-order valence-corrected chi connectivity index (χ2v) is 8.91. The topological polar surface area (TPSA) is 66.5 Å². The summed E-state index contributed by atoms with van der Waals surface area (Å²) in [6.07, 6.45) is 2.87. The molecule has 0 aromatic heterocycles. The van der Waals surface area contributed by atoms with Crippen LogP contribution in [-0.2, 0) is 21.2 Å². The van der Waals surface area contributed by atoms with Crippen LogP contribution in [0.15, 0.2) is 53.4 Å². The summed E-state index contributed by atoms with van der Waals surface area (Å²) in [6, 6.07) is 13.9. The molecule has 0 unspecified atom stereocenters. The van der Waals surface area contributed by atoms with E-state index in [0.29, 0.717) is 5.02 Å². The van der Waals surface area contributed by atoms with Gasteiger partial charge in [-0.1, -0.05) is 35.9 Å². The Morgan fingerprint density at radius 3 is 2.62 bits per heavy atom. The third-order valence-corrected chi connectivity index (χ3v) is 6.66. The zero-order valence-electron chi connectivity index (χ0n) is 14.5. The second-order valence-electron chi connectivity index (χ2n) is 6.43. The second kappa shape index (κ2) is 7.78. The number of hydrogen-bond donors (Lipinski definition) is 1. The van der Waals surface area contributed by atoms with Crippen molar-refractivity contribution in [1.82, 2.24) is 9.62 Å². The molecular formula is C19H21ClN2O3S. The molecular weight excluding hydrogens is 372 g/mol. The van der Waals surface area contributed by atoms with Crippen LogP contribution in [0.1, 0.15) is 30.0 Å². The van der Waals surface area contributed by atoms with Crippen LogP contribution < -0.4 is 5.32 Å². The van der Waals surface area contributed by atoms with E-state index in [4.69, 9.17) is 11.6 Å². The molecule has 0 aliphatic heterocycles. The summed E-state index contributed by atoms with van der Waals surface area (Å²) in [6.45, 7) is -0.233. The van der Waals surface area contributed by atoms with E-state index in [1.54, 1.807) is 0 Å². The summed E-state index contributed by atoms with van der Waals surface area (Å²) in [5, 5.41) is 3.43. The van der Waals surface area contributed by atoms with E-state index < -0.39 is 10.0 Å². The number of rotatable bonds is 5. The Bertz CT molecular complexity index is 897. The predicted octanol–water partition coefficient (Wildman–Crippen LogP) is 3.15. The van der Waals surface area contributed by atoms with Crippen LogP contribution in [0.25, 0.3) is 0 Å². The van der Waals surface area contributed by atoms with Crippen molar-refractivity contribution in [2.45, 2.75) is 30.2 Å². The number of amides is 1. The van der Waals surface area contributed by atoms with Crippen molar-refractivity contribution in [1.29, 1.82) is 0 Å². The van der Waals surface area contributed by atoms with Crippen LogP contribution in [0.2, 0.25) is 5.02 Å². The highest BCUT2D eigenvalue weighted by Crippen LogP contribution is 2.29. The summed E-state index contributed by atoms with van der Waals surface area (Å²) in [7, 11) is -2.34. The third-order valence-electron chi connectivity index (χ3n) is 4.59. The Hall–Kier alpha value is -1.89. The van der Waals surface area contributed by atoms with E-state index in [1.807, 2.05) is 18.2 Å². The van der Waals surface area contributed by atoms with Gasteiger partial charge in [-0.05, 0) is 54.7 Å². The fourth-order valence-electron chi connectivity index (χ4n) is 3.22. The molecule has 26 heavy (non-hydrogen) atoms. The molecule has 0 saturated heterocycles. The van der Waals surface area contributed by atoms with Gasteiger partial charge < -0.3 is 5.32 Å². The van der Waals surface area contributed by atoms with E-state index in [1.165, 1.54) is 36.9 Å². The molecule has 1 amide bonds. The molecule has 1 aliphatic carbocycles. The van der Waals surface area contributed by atoms with Crippen molar-refractivity contribution >= 4 is 27.5 Å². The first kappa shape index (κ1) is 18.9. The number of carbonyl (C=O) groups is 1. The quantitative estimate of drug-likeness (QED) is 0.849. The van der Waals surface area contributed by atoms with Crippen molar-refractivity contribution in [3.05, 3.63) is 64.7 Å². The normalized spacial score (nSPS) is 17.0. The van der Waals surface area contributed by atoms with Gasteiger partial charge >= 0.3 is 0 Å². The Labute approximate surface area is 159 Å². The number of nitrogens with zero attached hydrogens (tertiary/aromatic N) is 1. The highest BCUT2D eigenvalue weighted by atomic mass is 35.5. The monoisotopic (exact) mass is 392 g/mol. The van der Waals surface area contributed by atoms with Gasteiger partial charge in [0.25, 0.3) is 0 Å². The molecule has 0 spiro atoms. The van der Waals surface area contributed by atoms with Gasteiger partial charge in [0.05, 0.1) is 17.5 Å². The number of aryl methyl sites for hydroxylation is 1. The number of benzene rings is 2. The van der Waals surface area contributed by atoms with Gasteiger partial charge in [-0.15, -0.1) is 0 Å². The molecule has 7 heteroatoms. The first-order chi connectivity index (χ1) is 12.4. The number of hydrogen-bond acceptors (Lipinski definition) is 3. The minimum absolute atomic E-state index is 0.0703. The maximum absolute atomic E-state index is 12.6. The number of sulfonamides is 1. The molecule has 1 N–H and O–H groups in total. The van der Waals surface area contributed by atoms with E-state index in [0.717, 1.165) is 29.1 Å². The number of fused-ring (bicyclic) bond motifs is 1. The summed E-state index contributed by atoms with van der Waals surface area (Å²) in [5.41, 5.74) is 2.36. The number of halogens is 1. The van der Waals surface area contributed by atoms with E-state index in [2.05, 4.69) is 11.4 Å². The van der Waals surface area contributed by atoms with Crippen LogP contribution in [0.3, 0.4) is 0 Å². The average molecular weight is 393 g/mol. The smallest absolute Gasteiger partial charge is 0.243 e. The van der Waals surface area contributed by atoms with Crippen LogP contribution in [0, 0.1) is 0 Å². The number of carbonyl (C=O) groups excluding carboxylic acids is 1. The minimum Gasteiger partial charge on any atom is -0.348 e. The zero-order valence-corrected chi connectivity index (χ0v) is 16.1. The van der Waals surface area contributed by atoms with Crippen LogP contribution in [-0.4, -0.2) is 32.2 Å². The average Bonchev–Trinajstić information content (AvgIpc) is 2.62. The first-order valence-electron chi connectivity index (χ1n) is 8.47. The lowest BCUT2D eigenvalue weighted by molar-refractivity contribution is -0.122.